The third-order valence-corrected chi connectivity index (χ3v) is 3.02. The molecular formula is C14H22O6. The van der Waals surface area contributed by atoms with Crippen molar-refractivity contribution in [3.05, 3.63) is 0 Å². The molecule has 1 unspecified atom stereocenters. The number of hydrogen-bond donors (Lipinski definition) is 0. The lowest BCUT2D eigenvalue weighted by atomic mass is 9.95. The summed E-state index contributed by atoms with van der Waals surface area (Å²) in [4.78, 5) is 42.5. The Morgan fingerprint density at radius 2 is 1.60 bits per heavy atom. The number of ether oxygens (including phenoxy) is 2. The molecule has 0 aliphatic rings. The van der Waals surface area contributed by atoms with E-state index in [1.165, 1.54) is 0 Å². The maximum atomic E-state index is 11.5. The SMILES string of the molecule is CCCCC(CCCCCC(=O)OC=O)C(=O)OC=O. The minimum Gasteiger partial charge on any atom is -0.395 e. The highest BCUT2D eigenvalue weighted by molar-refractivity contribution is 5.78. The third-order valence-electron chi connectivity index (χ3n) is 3.02. The van der Waals surface area contributed by atoms with E-state index in [0.29, 0.717) is 19.3 Å². The van der Waals surface area contributed by atoms with Crippen LogP contribution in [0.25, 0.3) is 0 Å². The Bertz CT molecular complexity index is 313. The van der Waals surface area contributed by atoms with Gasteiger partial charge >= 0.3 is 24.9 Å². The van der Waals surface area contributed by atoms with Gasteiger partial charge in [-0.15, -0.1) is 0 Å². The van der Waals surface area contributed by atoms with E-state index in [1.807, 2.05) is 6.92 Å². The summed E-state index contributed by atoms with van der Waals surface area (Å²) in [6, 6.07) is 0. The summed E-state index contributed by atoms with van der Waals surface area (Å²) in [5.41, 5.74) is 0. The minimum absolute atomic E-state index is 0.124. The normalized spacial score (nSPS) is 11.4. The number of unbranched alkanes of at least 4 members (excludes halogenated alkanes) is 3. The summed E-state index contributed by atoms with van der Waals surface area (Å²) in [6.45, 7) is 2.32. The fraction of sp³-hybridized carbons (Fsp3) is 0.714. The molecule has 0 aromatic heterocycles. The van der Waals surface area contributed by atoms with E-state index in [0.717, 1.165) is 25.7 Å². The molecule has 1 atom stereocenters. The first-order valence-electron chi connectivity index (χ1n) is 6.93. The topological polar surface area (TPSA) is 86.7 Å². The molecule has 0 aromatic rings. The van der Waals surface area contributed by atoms with E-state index in [9.17, 15) is 19.2 Å². The van der Waals surface area contributed by atoms with Gasteiger partial charge < -0.3 is 9.47 Å². The van der Waals surface area contributed by atoms with Crippen molar-refractivity contribution in [1.82, 2.24) is 0 Å². The maximum Gasteiger partial charge on any atom is 0.316 e. The summed E-state index contributed by atoms with van der Waals surface area (Å²) in [5, 5.41) is 0. The van der Waals surface area contributed by atoms with Crippen molar-refractivity contribution in [2.45, 2.75) is 58.3 Å². The van der Waals surface area contributed by atoms with Crippen molar-refractivity contribution in [3.8, 4) is 0 Å². The van der Waals surface area contributed by atoms with E-state index < -0.39 is 11.9 Å². The van der Waals surface area contributed by atoms with Crippen LogP contribution in [0, 0.1) is 5.92 Å². The first-order valence-corrected chi connectivity index (χ1v) is 6.93. The second kappa shape index (κ2) is 12.3. The second-order valence-electron chi connectivity index (χ2n) is 4.56. The lowest BCUT2D eigenvalue weighted by Gasteiger charge is -2.13. The predicted molar refractivity (Wildman–Crippen MR) is 70.4 cm³/mol. The van der Waals surface area contributed by atoms with E-state index in [4.69, 9.17) is 0 Å². The standard InChI is InChI=1S/C14H22O6/c1-2-3-7-12(14(18)20-11-16)8-5-4-6-9-13(17)19-10-15/h10-12H,2-9H2,1H3. The molecule has 6 nitrogen and oxygen atoms in total. The molecule has 0 radical (unpaired) electrons. The molecule has 0 amide bonds. The summed E-state index contributed by atoms with van der Waals surface area (Å²) in [5.74, 6) is -1.28. The molecule has 0 aliphatic carbocycles. The molecule has 0 saturated heterocycles. The largest absolute Gasteiger partial charge is 0.395 e. The van der Waals surface area contributed by atoms with Gasteiger partial charge in [-0.1, -0.05) is 32.6 Å². The molecule has 0 aromatic carbocycles. The summed E-state index contributed by atoms with van der Waals surface area (Å²) >= 11 is 0. The molecule has 0 fully saturated rings. The molecule has 114 valence electrons. The molecule has 0 N–H and O–H groups in total. The highest BCUT2D eigenvalue weighted by atomic mass is 16.6. The van der Waals surface area contributed by atoms with Crippen LogP contribution in [0.1, 0.15) is 58.3 Å². The van der Waals surface area contributed by atoms with Gasteiger partial charge in [0.15, 0.2) is 0 Å². The van der Waals surface area contributed by atoms with Crippen molar-refractivity contribution in [1.29, 1.82) is 0 Å². The van der Waals surface area contributed by atoms with Gasteiger partial charge in [0.1, 0.15) is 0 Å². The highest BCUT2D eigenvalue weighted by Gasteiger charge is 2.19. The molecule has 6 heteroatoms. The third kappa shape index (κ3) is 9.24. The lowest BCUT2D eigenvalue weighted by molar-refractivity contribution is -0.156. The fourth-order valence-corrected chi connectivity index (χ4v) is 1.92. The number of rotatable bonds is 12. The molecular weight excluding hydrogens is 264 g/mol. The zero-order chi connectivity index (χ0) is 15.2. The van der Waals surface area contributed by atoms with Crippen LogP contribution in [0.4, 0.5) is 0 Å². The van der Waals surface area contributed by atoms with Crippen LogP contribution in [-0.4, -0.2) is 24.9 Å². The van der Waals surface area contributed by atoms with Gasteiger partial charge in [0.05, 0.1) is 5.92 Å². The minimum atomic E-state index is -0.539. The van der Waals surface area contributed by atoms with Gasteiger partial charge in [-0.3, -0.25) is 19.2 Å². The van der Waals surface area contributed by atoms with Crippen LogP contribution in [-0.2, 0) is 28.7 Å². The smallest absolute Gasteiger partial charge is 0.316 e. The van der Waals surface area contributed by atoms with E-state index >= 15 is 0 Å². The van der Waals surface area contributed by atoms with E-state index in [-0.39, 0.29) is 25.3 Å². The van der Waals surface area contributed by atoms with E-state index in [1.54, 1.807) is 0 Å². The fourth-order valence-electron chi connectivity index (χ4n) is 1.92. The van der Waals surface area contributed by atoms with Crippen molar-refractivity contribution in [2.24, 2.45) is 5.92 Å². The van der Waals surface area contributed by atoms with Crippen LogP contribution in [0.15, 0.2) is 0 Å². The summed E-state index contributed by atoms with van der Waals surface area (Å²) in [7, 11) is 0. The van der Waals surface area contributed by atoms with Crippen LogP contribution >= 0.6 is 0 Å². The van der Waals surface area contributed by atoms with Crippen molar-refractivity contribution < 1.29 is 28.7 Å². The van der Waals surface area contributed by atoms with Gasteiger partial charge in [0, 0.05) is 6.42 Å². The Labute approximate surface area is 118 Å². The van der Waals surface area contributed by atoms with Gasteiger partial charge in [-0.25, -0.2) is 0 Å². The Kier molecular flexibility index (Phi) is 11.3. The van der Waals surface area contributed by atoms with Gasteiger partial charge in [0.2, 0.25) is 0 Å². The number of carbonyl (C=O) groups excluding carboxylic acids is 4. The van der Waals surface area contributed by atoms with Crippen LogP contribution < -0.4 is 0 Å². The molecule has 0 spiro atoms. The van der Waals surface area contributed by atoms with Crippen molar-refractivity contribution in [2.75, 3.05) is 0 Å². The quantitative estimate of drug-likeness (QED) is 0.236. The van der Waals surface area contributed by atoms with E-state index in [2.05, 4.69) is 9.47 Å². The summed E-state index contributed by atoms with van der Waals surface area (Å²) in [6.07, 6.45) is 5.53. The van der Waals surface area contributed by atoms with Crippen LogP contribution in [0.5, 0.6) is 0 Å². The number of hydrogen-bond acceptors (Lipinski definition) is 6. The first kappa shape index (κ1) is 18.3. The zero-order valence-electron chi connectivity index (χ0n) is 11.8. The van der Waals surface area contributed by atoms with Gasteiger partial charge in [0.25, 0.3) is 0 Å². The monoisotopic (exact) mass is 286 g/mol. The number of esters is 2. The summed E-state index contributed by atoms with van der Waals surface area (Å²) < 4.78 is 8.56. The average molecular weight is 286 g/mol. The maximum absolute atomic E-state index is 11.5. The van der Waals surface area contributed by atoms with Gasteiger partial charge in [-0.05, 0) is 19.3 Å². The van der Waals surface area contributed by atoms with Crippen LogP contribution in [0.2, 0.25) is 0 Å². The second-order valence-corrected chi connectivity index (χ2v) is 4.56. The first-order chi connectivity index (χ1) is 9.65. The predicted octanol–water partition coefficient (Wildman–Crippen LogP) is 2.14. The molecule has 0 saturated carbocycles. The molecule has 0 heterocycles. The average Bonchev–Trinajstić information content (AvgIpc) is 2.42. The van der Waals surface area contributed by atoms with Gasteiger partial charge in [-0.2, -0.15) is 0 Å². The molecule has 0 bridgehead atoms. The Morgan fingerprint density at radius 1 is 0.950 bits per heavy atom. The van der Waals surface area contributed by atoms with Crippen molar-refractivity contribution >= 4 is 24.9 Å². The lowest BCUT2D eigenvalue weighted by Crippen LogP contribution is -2.17. The zero-order valence-corrected chi connectivity index (χ0v) is 11.8. The van der Waals surface area contributed by atoms with Crippen LogP contribution in [0.3, 0.4) is 0 Å². The highest BCUT2D eigenvalue weighted by Crippen LogP contribution is 2.18. The Morgan fingerprint density at radius 3 is 2.20 bits per heavy atom. The molecule has 0 rings (SSSR count). The number of carbonyl (C=O) groups is 4. The molecule has 20 heavy (non-hydrogen) atoms. The Balaban J connectivity index is 3.88. The van der Waals surface area contributed by atoms with Crippen molar-refractivity contribution in [3.63, 3.8) is 0 Å². The Hall–Kier alpha value is -1.72. The molecule has 0 aliphatic heterocycles.